The number of alkyl carbamates (subject to hydrolysis) is 1. The van der Waals surface area contributed by atoms with Crippen molar-refractivity contribution in [1.82, 2.24) is 5.32 Å². The highest BCUT2D eigenvalue weighted by Crippen LogP contribution is 2.13. The van der Waals surface area contributed by atoms with Crippen molar-refractivity contribution in [2.75, 3.05) is 13.2 Å². The third-order valence-corrected chi connectivity index (χ3v) is 3.57. The minimum Gasteiger partial charge on any atom is -0.482 e. The molecule has 2 aromatic rings. The Kier molecular flexibility index (Phi) is 7.77. The van der Waals surface area contributed by atoms with Crippen LogP contribution in [0.4, 0.5) is 4.79 Å². The molecule has 0 saturated carbocycles. The van der Waals surface area contributed by atoms with Crippen LogP contribution >= 0.6 is 0 Å². The molecule has 1 amide bonds. The van der Waals surface area contributed by atoms with Gasteiger partial charge in [-0.1, -0.05) is 30.3 Å². The predicted molar refractivity (Wildman–Crippen MR) is 107 cm³/mol. The molecule has 0 aromatic heterocycles. The smallest absolute Gasteiger partial charge is 0.408 e. The average Bonchev–Trinajstić information content (AvgIpc) is 2.69. The number of amides is 1. The first-order chi connectivity index (χ1) is 13.7. The van der Waals surface area contributed by atoms with Crippen molar-refractivity contribution in [3.8, 4) is 5.75 Å². The Morgan fingerprint density at radius 1 is 0.931 bits per heavy atom. The second-order valence-electron chi connectivity index (χ2n) is 7.24. The van der Waals surface area contributed by atoms with Gasteiger partial charge in [0.15, 0.2) is 12.4 Å². The lowest BCUT2D eigenvalue weighted by Gasteiger charge is -2.19. The van der Waals surface area contributed by atoms with Gasteiger partial charge in [0.1, 0.15) is 18.0 Å². The normalized spacial score (nSPS) is 10.7. The summed E-state index contributed by atoms with van der Waals surface area (Å²) >= 11 is 0. The van der Waals surface area contributed by atoms with Crippen molar-refractivity contribution in [2.24, 2.45) is 0 Å². The second kappa shape index (κ2) is 10.3. The minimum atomic E-state index is -0.653. The van der Waals surface area contributed by atoms with Crippen molar-refractivity contribution in [1.29, 1.82) is 0 Å². The van der Waals surface area contributed by atoms with Gasteiger partial charge in [-0.05, 0) is 50.6 Å². The lowest BCUT2D eigenvalue weighted by molar-refractivity contribution is -0.147. The fourth-order valence-electron chi connectivity index (χ4n) is 2.23. The van der Waals surface area contributed by atoms with Gasteiger partial charge in [-0.3, -0.25) is 4.79 Å². The first-order valence-corrected chi connectivity index (χ1v) is 9.15. The molecule has 0 aliphatic carbocycles. The standard InChI is InChI=1S/C22H25NO6/c1-22(2,3)29-21(26)23-13-19(24)17-9-11-18(12-10-17)27-15-20(25)28-14-16-7-5-4-6-8-16/h4-12H,13-15H2,1-3H3,(H,23,26). The number of hydrogen-bond donors (Lipinski definition) is 1. The fraction of sp³-hybridized carbons (Fsp3) is 0.318. The molecule has 154 valence electrons. The molecule has 1 N–H and O–H groups in total. The summed E-state index contributed by atoms with van der Waals surface area (Å²) < 4.78 is 15.6. The van der Waals surface area contributed by atoms with Crippen molar-refractivity contribution in [2.45, 2.75) is 33.0 Å². The molecule has 0 aliphatic heterocycles. The van der Waals surface area contributed by atoms with Gasteiger partial charge in [-0.25, -0.2) is 9.59 Å². The number of nitrogens with one attached hydrogen (secondary N) is 1. The van der Waals surface area contributed by atoms with E-state index in [9.17, 15) is 14.4 Å². The summed E-state index contributed by atoms with van der Waals surface area (Å²) in [7, 11) is 0. The van der Waals surface area contributed by atoms with Gasteiger partial charge in [0, 0.05) is 5.56 Å². The van der Waals surface area contributed by atoms with Crippen LogP contribution < -0.4 is 10.1 Å². The van der Waals surface area contributed by atoms with Gasteiger partial charge in [-0.2, -0.15) is 0 Å². The summed E-state index contributed by atoms with van der Waals surface area (Å²) in [6.07, 6.45) is -0.653. The van der Waals surface area contributed by atoms with E-state index in [2.05, 4.69) is 5.32 Å². The summed E-state index contributed by atoms with van der Waals surface area (Å²) in [5.74, 6) is -0.335. The minimum absolute atomic E-state index is 0.180. The number of rotatable bonds is 8. The summed E-state index contributed by atoms with van der Waals surface area (Å²) in [6, 6.07) is 15.6. The molecule has 0 heterocycles. The molecule has 0 atom stereocenters. The predicted octanol–water partition coefficient (Wildman–Crippen LogP) is 3.52. The van der Waals surface area contributed by atoms with Crippen LogP contribution in [0.15, 0.2) is 54.6 Å². The van der Waals surface area contributed by atoms with Crippen LogP contribution in [-0.4, -0.2) is 36.6 Å². The third kappa shape index (κ3) is 8.47. The number of ether oxygens (including phenoxy) is 3. The molecule has 0 bridgehead atoms. The highest BCUT2D eigenvalue weighted by Gasteiger charge is 2.17. The summed E-state index contributed by atoms with van der Waals surface area (Å²) in [6.45, 7) is 4.99. The molecule has 0 aliphatic rings. The second-order valence-corrected chi connectivity index (χ2v) is 7.24. The van der Waals surface area contributed by atoms with Crippen LogP contribution in [0.25, 0.3) is 0 Å². The van der Waals surface area contributed by atoms with Crippen LogP contribution in [0.1, 0.15) is 36.7 Å². The Morgan fingerprint density at radius 2 is 1.59 bits per heavy atom. The van der Waals surface area contributed by atoms with E-state index in [-0.39, 0.29) is 25.5 Å². The Balaban J connectivity index is 1.74. The molecule has 2 aromatic carbocycles. The Hall–Kier alpha value is -3.35. The Morgan fingerprint density at radius 3 is 2.21 bits per heavy atom. The molecule has 0 unspecified atom stereocenters. The van der Waals surface area contributed by atoms with E-state index in [0.717, 1.165) is 5.56 Å². The van der Waals surface area contributed by atoms with Gasteiger partial charge >= 0.3 is 12.1 Å². The van der Waals surface area contributed by atoms with E-state index < -0.39 is 17.7 Å². The monoisotopic (exact) mass is 399 g/mol. The van der Waals surface area contributed by atoms with Crippen LogP contribution in [-0.2, 0) is 20.9 Å². The van der Waals surface area contributed by atoms with E-state index in [1.165, 1.54) is 0 Å². The topological polar surface area (TPSA) is 90.9 Å². The van der Waals surface area contributed by atoms with Crippen molar-refractivity contribution in [3.05, 3.63) is 65.7 Å². The molecular weight excluding hydrogens is 374 g/mol. The van der Waals surface area contributed by atoms with Crippen LogP contribution in [0.2, 0.25) is 0 Å². The lowest BCUT2D eigenvalue weighted by atomic mass is 10.1. The molecule has 2 rings (SSSR count). The maximum Gasteiger partial charge on any atom is 0.408 e. The Bertz CT molecular complexity index is 825. The third-order valence-electron chi connectivity index (χ3n) is 3.57. The van der Waals surface area contributed by atoms with Gasteiger partial charge in [-0.15, -0.1) is 0 Å². The van der Waals surface area contributed by atoms with E-state index in [0.29, 0.717) is 11.3 Å². The average molecular weight is 399 g/mol. The summed E-state index contributed by atoms with van der Waals surface area (Å²) in [5, 5.41) is 2.42. The van der Waals surface area contributed by atoms with E-state index in [1.807, 2.05) is 30.3 Å². The van der Waals surface area contributed by atoms with Gasteiger partial charge in [0.05, 0.1) is 6.54 Å². The van der Waals surface area contributed by atoms with Gasteiger partial charge in [0.25, 0.3) is 0 Å². The molecule has 0 radical (unpaired) electrons. The number of benzene rings is 2. The molecule has 0 saturated heterocycles. The number of ketones is 1. The summed E-state index contributed by atoms with van der Waals surface area (Å²) in [4.78, 5) is 35.5. The van der Waals surface area contributed by atoms with E-state index >= 15 is 0 Å². The number of Topliss-reactive ketones (excluding diaryl/α,β-unsaturated/α-hetero) is 1. The van der Waals surface area contributed by atoms with Gasteiger partial charge in [0.2, 0.25) is 0 Å². The van der Waals surface area contributed by atoms with Crippen LogP contribution in [0.5, 0.6) is 5.75 Å². The maximum absolute atomic E-state index is 12.1. The highest BCUT2D eigenvalue weighted by atomic mass is 16.6. The largest absolute Gasteiger partial charge is 0.482 e. The zero-order valence-electron chi connectivity index (χ0n) is 16.8. The SMILES string of the molecule is CC(C)(C)OC(=O)NCC(=O)c1ccc(OCC(=O)OCc2ccccc2)cc1. The maximum atomic E-state index is 12.1. The summed E-state index contributed by atoms with van der Waals surface area (Å²) in [5.41, 5.74) is 0.665. The fourth-order valence-corrected chi connectivity index (χ4v) is 2.23. The lowest BCUT2D eigenvalue weighted by Crippen LogP contribution is -2.35. The van der Waals surface area contributed by atoms with E-state index in [4.69, 9.17) is 14.2 Å². The number of hydrogen-bond acceptors (Lipinski definition) is 6. The first kappa shape index (κ1) is 21.9. The highest BCUT2D eigenvalue weighted by molar-refractivity contribution is 5.99. The molecular formula is C22H25NO6. The molecule has 0 spiro atoms. The first-order valence-electron chi connectivity index (χ1n) is 9.15. The zero-order valence-corrected chi connectivity index (χ0v) is 16.8. The molecule has 29 heavy (non-hydrogen) atoms. The van der Waals surface area contributed by atoms with Crippen LogP contribution in [0.3, 0.4) is 0 Å². The number of carbonyl (C=O) groups excluding carboxylic acids is 3. The Labute approximate surface area is 170 Å². The van der Waals surface area contributed by atoms with Crippen LogP contribution in [0, 0.1) is 0 Å². The zero-order chi connectivity index (χ0) is 21.3. The van der Waals surface area contributed by atoms with Crippen molar-refractivity contribution in [3.63, 3.8) is 0 Å². The number of carbonyl (C=O) groups is 3. The van der Waals surface area contributed by atoms with Crippen molar-refractivity contribution >= 4 is 17.8 Å². The molecule has 0 fully saturated rings. The molecule has 7 nitrogen and oxygen atoms in total. The number of esters is 1. The van der Waals surface area contributed by atoms with E-state index in [1.54, 1.807) is 45.0 Å². The molecule has 7 heteroatoms. The van der Waals surface area contributed by atoms with Crippen molar-refractivity contribution < 1.29 is 28.6 Å². The van der Waals surface area contributed by atoms with Gasteiger partial charge < -0.3 is 19.5 Å². The quantitative estimate of drug-likeness (QED) is 0.540.